The van der Waals surface area contributed by atoms with E-state index in [4.69, 9.17) is 22.4 Å². The van der Waals surface area contributed by atoms with Gasteiger partial charge in [0.2, 0.25) is 0 Å². The number of halogens is 1. The van der Waals surface area contributed by atoms with Crippen LogP contribution in [-0.4, -0.2) is 27.0 Å². The van der Waals surface area contributed by atoms with Gasteiger partial charge in [-0.05, 0) is 29.9 Å². The SMILES string of the molecule is NC(=S)N/N=C/c1sc(=O)n(Cc2cccc(C(=O)O)c2)c1Cl. The van der Waals surface area contributed by atoms with Gasteiger partial charge in [0.1, 0.15) is 5.15 Å². The second-order valence-electron chi connectivity index (χ2n) is 4.35. The summed E-state index contributed by atoms with van der Waals surface area (Å²) in [7, 11) is 0. The largest absolute Gasteiger partial charge is 0.478 e. The number of thiocarbonyl (C=S) groups is 1. The van der Waals surface area contributed by atoms with E-state index in [0.29, 0.717) is 10.4 Å². The minimum atomic E-state index is -1.03. The molecule has 4 N–H and O–H groups in total. The first-order valence-corrected chi connectivity index (χ1v) is 7.78. The summed E-state index contributed by atoms with van der Waals surface area (Å²) in [5, 5.41) is 12.9. The molecule has 0 aliphatic carbocycles. The van der Waals surface area contributed by atoms with Crippen LogP contribution in [0.5, 0.6) is 0 Å². The molecule has 7 nitrogen and oxygen atoms in total. The van der Waals surface area contributed by atoms with Crippen LogP contribution in [0, 0.1) is 0 Å². The van der Waals surface area contributed by atoms with E-state index in [9.17, 15) is 9.59 Å². The van der Waals surface area contributed by atoms with E-state index >= 15 is 0 Å². The predicted molar refractivity (Wildman–Crippen MR) is 93.6 cm³/mol. The summed E-state index contributed by atoms with van der Waals surface area (Å²) in [6.45, 7) is 0.159. The molecule has 0 amide bonds. The van der Waals surface area contributed by atoms with Crippen LogP contribution in [0.25, 0.3) is 0 Å². The highest BCUT2D eigenvalue weighted by Crippen LogP contribution is 2.18. The molecule has 0 radical (unpaired) electrons. The first-order chi connectivity index (χ1) is 10.9. The van der Waals surface area contributed by atoms with Crippen molar-refractivity contribution in [3.05, 3.63) is 55.1 Å². The molecule has 0 aliphatic rings. The van der Waals surface area contributed by atoms with E-state index in [1.54, 1.807) is 12.1 Å². The van der Waals surface area contributed by atoms with Crippen molar-refractivity contribution in [2.75, 3.05) is 0 Å². The van der Waals surface area contributed by atoms with Crippen LogP contribution in [0.3, 0.4) is 0 Å². The minimum Gasteiger partial charge on any atom is -0.478 e. The highest BCUT2D eigenvalue weighted by Gasteiger charge is 2.13. The third-order valence-corrected chi connectivity index (χ3v) is 4.25. The fourth-order valence-electron chi connectivity index (χ4n) is 1.76. The van der Waals surface area contributed by atoms with Crippen LogP contribution in [0.4, 0.5) is 0 Å². The van der Waals surface area contributed by atoms with Crippen molar-refractivity contribution >= 4 is 52.5 Å². The molecule has 10 heteroatoms. The van der Waals surface area contributed by atoms with E-state index in [2.05, 4.69) is 22.7 Å². The Bertz CT molecular complexity index is 844. The van der Waals surface area contributed by atoms with E-state index in [-0.39, 0.29) is 27.2 Å². The zero-order valence-corrected chi connectivity index (χ0v) is 13.9. The number of nitrogens with two attached hydrogens (primary N) is 1. The number of hydrogen-bond acceptors (Lipinski definition) is 5. The monoisotopic (exact) mass is 370 g/mol. The fourth-order valence-corrected chi connectivity index (χ4v) is 2.92. The topological polar surface area (TPSA) is 110 Å². The molecule has 0 aliphatic heterocycles. The highest BCUT2D eigenvalue weighted by molar-refractivity contribution is 7.80. The molecular formula is C13H11ClN4O3S2. The summed E-state index contributed by atoms with van der Waals surface area (Å²) in [6.07, 6.45) is 1.34. The number of carbonyl (C=O) groups is 1. The van der Waals surface area contributed by atoms with E-state index in [0.717, 1.165) is 11.3 Å². The van der Waals surface area contributed by atoms with Crippen molar-refractivity contribution < 1.29 is 9.90 Å². The van der Waals surface area contributed by atoms with Gasteiger partial charge in [0.05, 0.1) is 23.2 Å². The second-order valence-corrected chi connectivity index (χ2v) is 6.14. The molecule has 0 saturated heterocycles. The average molecular weight is 371 g/mol. The van der Waals surface area contributed by atoms with Gasteiger partial charge in [-0.3, -0.25) is 14.8 Å². The van der Waals surface area contributed by atoms with Gasteiger partial charge in [-0.15, -0.1) is 0 Å². The van der Waals surface area contributed by atoms with Gasteiger partial charge in [0, 0.05) is 0 Å². The second kappa shape index (κ2) is 7.36. The van der Waals surface area contributed by atoms with Crippen LogP contribution < -0.4 is 16.0 Å². The van der Waals surface area contributed by atoms with Gasteiger partial charge >= 0.3 is 10.8 Å². The lowest BCUT2D eigenvalue weighted by Gasteiger charge is -2.05. The number of thiazole rings is 1. The number of nitrogens with zero attached hydrogens (tertiary/aromatic N) is 2. The maximum atomic E-state index is 12.0. The summed E-state index contributed by atoms with van der Waals surface area (Å²) < 4.78 is 1.33. The predicted octanol–water partition coefficient (Wildman–Crippen LogP) is 1.48. The molecule has 0 unspecified atom stereocenters. The van der Waals surface area contributed by atoms with Crippen LogP contribution in [0.15, 0.2) is 34.2 Å². The maximum Gasteiger partial charge on any atom is 0.335 e. The van der Waals surface area contributed by atoms with Crippen molar-refractivity contribution in [2.45, 2.75) is 6.54 Å². The number of carboxylic acid groups (broad SMARTS) is 1. The zero-order chi connectivity index (χ0) is 17.0. The number of hydrogen-bond donors (Lipinski definition) is 3. The Balaban J connectivity index is 2.27. The van der Waals surface area contributed by atoms with Gasteiger partial charge in [-0.1, -0.05) is 35.1 Å². The maximum absolute atomic E-state index is 12.0. The molecule has 23 heavy (non-hydrogen) atoms. The molecule has 0 atom stereocenters. The Kier molecular flexibility index (Phi) is 5.48. The molecule has 1 heterocycles. The molecule has 120 valence electrons. The molecular weight excluding hydrogens is 360 g/mol. The molecule has 2 rings (SSSR count). The van der Waals surface area contributed by atoms with Crippen molar-refractivity contribution in [3.8, 4) is 0 Å². The first-order valence-electron chi connectivity index (χ1n) is 6.18. The van der Waals surface area contributed by atoms with Crippen molar-refractivity contribution in [1.29, 1.82) is 0 Å². The van der Waals surface area contributed by atoms with Crippen molar-refractivity contribution in [2.24, 2.45) is 10.8 Å². The van der Waals surface area contributed by atoms with Crippen molar-refractivity contribution in [3.63, 3.8) is 0 Å². The number of aromatic carboxylic acids is 1. The highest BCUT2D eigenvalue weighted by atomic mass is 35.5. The fraction of sp³-hybridized carbons (Fsp3) is 0.0769. The van der Waals surface area contributed by atoms with Crippen LogP contribution >= 0.6 is 35.2 Å². The zero-order valence-electron chi connectivity index (χ0n) is 11.5. The molecule has 0 saturated carbocycles. The normalized spacial score (nSPS) is 10.8. The summed E-state index contributed by atoms with van der Waals surface area (Å²) >= 11 is 11.7. The quantitative estimate of drug-likeness (QED) is 0.418. The number of benzene rings is 1. The standard InChI is InChI=1S/C13H11ClN4O3S2/c14-10-9(5-16-17-12(15)22)23-13(21)18(10)6-7-2-1-3-8(4-7)11(19)20/h1-5H,6H2,(H,19,20)(H3,15,17,22)/b16-5+. The lowest BCUT2D eigenvalue weighted by atomic mass is 10.1. The summed E-state index contributed by atoms with van der Waals surface area (Å²) in [5.74, 6) is -1.03. The van der Waals surface area contributed by atoms with E-state index < -0.39 is 5.97 Å². The van der Waals surface area contributed by atoms with Gasteiger partial charge < -0.3 is 10.8 Å². The van der Waals surface area contributed by atoms with Crippen LogP contribution in [0.2, 0.25) is 5.15 Å². The van der Waals surface area contributed by atoms with Gasteiger partial charge in [-0.25, -0.2) is 4.79 Å². The third-order valence-electron chi connectivity index (χ3n) is 2.73. The molecule has 2 aromatic rings. The Morgan fingerprint density at radius 3 is 2.96 bits per heavy atom. The number of aromatic nitrogens is 1. The number of rotatable bonds is 5. The summed E-state index contributed by atoms with van der Waals surface area (Å²) in [5.41, 5.74) is 8.39. The molecule has 0 fully saturated rings. The van der Waals surface area contributed by atoms with Gasteiger partial charge in [-0.2, -0.15) is 5.10 Å². The first kappa shape index (κ1) is 17.1. The lowest BCUT2D eigenvalue weighted by Crippen LogP contribution is -2.23. The van der Waals surface area contributed by atoms with Gasteiger partial charge in [0.15, 0.2) is 5.11 Å². The lowest BCUT2D eigenvalue weighted by molar-refractivity contribution is 0.0696. The summed E-state index contributed by atoms with van der Waals surface area (Å²) in [4.78, 5) is 23.2. The number of carboxylic acids is 1. The van der Waals surface area contributed by atoms with E-state index in [1.807, 2.05) is 0 Å². The number of hydrazone groups is 1. The van der Waals surface area contributed by atoms with Crippen molar-refractivity contribution in [1.82, 2.24) is 9.99 Å². The van der Waals surface area contributed by atoms with Gasteiger partial charge in [0.25, 0.3) is 0 Å². The van der Waals surface area contributed by atoms with Crippen LogP contribution in [-0.2, 0) is 6.54 Å². The number of nitrogens with one attached hydrogen (secondary N) is 1. The Morgan fingerprint density at radius 2 is 2.30 bits per heavy atom. The van der Waals surface area contributed by atoms with Crippen LogP contribution in [0.1, 0.15) is 20.8 Å². The van der Waals surface area contributed by atoms with E-state index in [1.165, 1.54) is 22.9 Å². The molecule has 0 bridgehead atoms. The summed E-state index contributed by atoms with van der Waals surface area (Å²) in [6, 6.07) is 6.29. The minimum absolute atomic E-state index is 0.00497. The molecule has 0 spiro atoms. The average Bonchev–Trinajstić information content (AvgIpc) is 2.75. The molecule has 1 aromatic carbocycles. The third kappa shape index (κ3) is 4.38. The smallest absolute Gasteiger partial charge is 0.335 e. The molecule has 1 aromatic heterocycles. The Morgan fingerprint density at radius 1 is 1.57 bits per heavy atom. The Labute approximate surface area is 145 Å². The Hall–Kier alpha value is -2.23.